The molecule has 2 nitrogen and oxygen atoms in total. The number of carboxylic acids is 1. The fourth-order valence-electron chi connectivity index (χ4n) is 1.40. The van der Waals surface area contributed by atoms with E-state index in [4.69, 9.17) is 0 Å². The van der Waals surface area contributed by atoms with Crippen LogP contribution in [0.25, 0.3) is 0 Å². The number of hydrogen-bond donors (Lipinski definition) is 0. The molecule has 0 aliphatic rings. The maximum Gasteiger partial charge on any atom is 3.00 e. The van der Waals surface area contributed by atoms with E-state index >= 15 is 0 Å². The number of carbonyl (C=O) groups is 1. The van der Waals surface area contributed by atoms with Crippen molar-refractivity contribution >= 4 is 5.97 Å². The summed E-state index contributed by atoms with van der Waals surface area (Å²) >= 11 is 0. The minimum absolute atomic E-state index is 0. The van der Waals surface area contributed by atoms with E-state index in [1.54, 1.807) is 0 Å². The molecule has 0 aromatic rings. The summed E-state index contributed by atoms with van der Waals surface area (Å²) in [7, 11) is 0. The molecule has 0 bridgehead atoms. The fraction of sp³-hybridized carbons (Fsp3) is 0.889. The molecule has 1 radical (unpaired) electrons. The Hall–Kier alpha value is 0.509. The summed E-state index contributed by atoms with van der Waals surface area (Å²) in [6, 6.07) is 0. The van der Waals surface area contributed by atoms with E-state index in [-0.39, 0.29) is 51.9 Å². The van der Waals surface area contributed by atoms with E-state index in [9.17, 15) is 9.90 Å². The van der Waals surface area contributed by atoms with Crippen LogP contribution in [-0.4, -0.2) is 5.97 Å². The van der Waals surface area contributed by atoms with Crippen LogP contribution in [-0.2, 0) is 38.9 Å². The summed E-state index contributed by atoms with van der Waals surface area (Å²) in [5, 5.41) is 10.2. The van der Waals surface area contributed by atoms with Gasteiger partial charge in [0, 0.05) is 5.97 Å². The summed E-state index contributed by atoms with van der Waals surface area (Å²) in [5.74, 6) is -0.721. The number of rotatable bonds is 3. The van der Waals surface area contributed by atoms with Gasteiger partial charge in [-0.15, -0.1) is 0 Å². The summed E-state index contributed by atoms with van der Waals surface area (Å²) < 4.78 is 0. The predicted molar refractivity (Wildman–Crippen MR) is 42.9 cm³/mol. The molecule has 13 heavy (non-hydrogen) atoms. The number of carbonyl (C=O) groups excluding carboxylic acids is 1. The van der Waals surface area contributed by atoms with Crippen molar-refractivity contribution in [2.45, 2.75) is 40.5 Å². The first kappa shape index (κ1) is 19.1. The average Bonchev–Trinajstić information content (AvgIpc) is 1.53. The van der Waals surface area contributed by atoms with E-state index in [1.165, 1.54) is 0 Å². The molecule has 0 fully saturated rings. The summed E-state index contributed by atoms with van der Waals surface area (Å²) in [6.07, 6.45) is 1.11. The third-order valence-electron chi connectivity index (χ3n) is 1.48. The zero-order valence-corrected chi connectivity index (χ0v) is 10.7. The van der Waals surface area contributed by atoms with Crippen molar-refractivity contribution in [1.29, 1.82) is 0 Å². The van der Waals surface area contributed by atoms with Gasteiger partial charge in [0.1, 0.15) is 0 Å². The Morgan fingerprint density at radius 2 is 1.77 bits per heavy atom. The van der Waals surface area contributed by atoms with Gasteiger partial charge in [-0.1, -0.05) is 27.7 Å². The molecule has 0 spiro atoms. The van der Waals surface area contributed by atoms with E-state index in [2.05, 4.69) is 20.8 Å². The summed E-state index contributed by atoms with van der Waals surface area (Å²) in [4.78, 5) is 10.2. The van der Waals surface area contributed by atoms with Crippen molar-refractivity contribution in [3.05, 3.63) is 0 Å². The zero-order chi connectivity index (χ0) is 9.07. The third-order valence-corrected chi connectivity index (χ3v) is 1.48. The molecule has 0 aliphatic heterocycles. The van der Waals surface area contributed by atoms with E-state index in [1.807, 2.05) is 6.92 Å². The molecule has 0 aromatic heterocycles. The first-order valence-corrected chi connectivity index (χ1v) is 4.01. The van der Waals surface area contributed by atoms with Crippen molar-refractivity contribution in [3.63, 3.8) is 0 Å². The maximum atomic E-state index is 10.2. The third kappa shape index (κ3) is 15.3. The van der Waals surface area contributed by atoms with Crippen molar-refractivity contribution in [2.75, 3.05) is 0 Å². The summed E-state index contributed by atoms with van der Waals surface area (Å²) in [6.45, 7) is 8.28. The van der Waals surface area contributed by atoms with Gasteiger partial charge in [-0.3, -0.25) is 0 Å². The first-order chi connectivity index (χ1) is 4.81. The SMILES string of the molecule is CC(CC(=O)[O-])CC(C)(C)C.[Fe+2].[Fe+3]. The van der Waals surface area contributed by atoms with Gasteiger partial charge in [-0.05, 0) is 24.2 Å². The Morgan fingerprint density at radius 3 is 2.00 bits per heavy atom. The molecule has 0 amide bonds. The Morgan fingerprint density at radius 1 is 1.38 bits per heavy atom. The molecule has 0 rings (SSSR count). The van der Waals surface area contributed by atoms with Crippen LogP contribution in [0.5, 0.6) is 0 Å². The first-order valence-electron chi connectivity index (χ1n) is 4.01. The smallest absolute Gasteiger partial charge is 0.550 e. The van der Waals surface area contributed by atoms with Crippen LogP contribution in [0.1, 0.15) is 40.5 Å². The van der Waals surface area contributed by atoms with Crippen LogP contribution in [0.2, 0.25) is 0 Å². The molecular formula is C9H17Fe2O2+4. The van der Waals surface area contributed by atoms with Crippen LogP contribution in [0, 0.1) is 11.3 Å². The van der Waals surface area contributed by atoms with Gasteiger partial charge in [-0.25, -0.2) is 0 Å². The van der Waals surface area contributed by atoms with Gasteiger partial charge in [0.25, 0.3) is 0 Å². The monoisotopic (exact) mass is 269 g/mol. The van der Waals surface area contributed by atoms with Gasteiger partial charge in [0.15, 0.2) is 0 Å². The van der Waals surface area contributed by atoms with Crippen molar-refractivity contribution < 1.29 is 44.0 Å². The molecule has 0 aromatic carbocycles. The second-order valence-electron chi connectivity index (χ2n) is 4.45. The van der Waals surface area contributed by atoms with Crippen molar-refractivity contribution in [3.8, 4) is 0 Å². The topological polar surface area (TPSA) is 40.1 Å². The van der Waals surface area contributed by atoms with Gasteiger partial charge in [0.05, 0.1) is 0 Å². The van der Waals surface area contributed by atoms with Crippen LogP contribution >= 0.6 is 0 Å². The average molecular weight is 269 g/mol. The van der Waals surface area contributed by atoms with Gasteiger partial charge in [-0.2, -0.15) is 0 Å². The summed E-state index contributed by atoms with van der Waals surface area (Å²) in [5.41, 5.74) is 0.217. The fourth-order valence-corrected chi connectivity index (χ4v) is 1.40. The molecule has 0 saturated carbocycles. The normalized spacial score (nSPS) is 12.3. The molecule has 1 atom stereocenters. The van der Waals surface area contributed by atoms with Gasteiger partial charge < -0.3 is 9.90 Å². The van der Waals surface area contributed by atoms with Gasteiger partial charge >= 0.3 is 34.1 Å². The number of aliphatic carboxylic acids is 1. The minimum atomic E-state index is -0.943. The largest absolute Gasteiger partial charge is 3.00 e. The van der Waals surface area contributed by atoms with E-state index in [0.717, 1.165) is 6.42 Å². The molecule has 0 saturated heterocycles. The molecule has 0 aliphatic carbocycles. The van der Waals surface area contributed by atoms with Crippen molar-refractivity contribution in [2.24, 2.45) is 11.3 Å². The standard InChI is InChI=1S/C9H18O2.2Fe/c1-7(5-8(10)11)6-9(2,3)4;;/h7H,5-6H2,1-4H3,(H,10,11);;/q;+2;+3/p-1. The van der Waals surface area contributed by atoms with E-state index < -0.39 is 5.97 Å². The Kier molecular flexibility index (Phi) is 11.6. The molecule has 77 valence electrons. The van der Waals surface area contributed by atoms with Crippen LogP contribution < -0.4 is 5.11 Å². The van der Waals surface area contributed by atoms with Crippen LogP contribution in [0.15, 0.2) is 0 Å². The number of carboxylic acid groups (broad SMARTS) is 1. The number of hydrogen-bond acceptors (Lipinski definition) is 2. The Bertz CT molecular complexity index is 141. The molecule has 1 unspecified atom stereocenters. The molecule has 0 N–H and O–H groups in total. The van der Waals surface area contributed by atoms with E-state index in [0.29, 0.717) is 0 Å². The second kappa shape index (κ2) is 7.87. The minimum Gasteiger partial charge on any atom is -0.550 e. The molecular weight excluding hydrogens is 252 g/mol. The maximum absolute atomic E-state index is 10.2. The zero-order valence-electron chi connectivity index (χ0n) is 8.52. The quantitative estimate of drug-likeness (QED) is 0.722. The Balaban J connectivity index is -0.000000500. The van der Waals surface area contributed by atoms with Crippen molar-refractivity contribution in [1.82, 2.24) is 0 Å². The van der Waals surface area contributed by atoms with Crippen LogP contribution in [0.4, 0.5) is 0 Å². The Labute approximate surface area is 102 Å². The molecule has 0 heterocycles. The second-order valence-corrected chi connectivity index (χ2v) is 4.45. The van der Waals surface area contributed by atoms with Gasteiger partial charge in [0.2, 0.25) is 0 Å². The molecule has 4 heteroatoms. The van der Waals surface area contributed by atoms with Crippen LogP contribution in [0.3, 0.4) is 0 Å². The predicted octanol–water partition coefficient (Wildman–Crippen LogP) is 1.19.